The standard InChI is InChI=1S/C18H23FN2O2S/c19-15-6-8-16(9-7-15)21-18(23)13-24-12-17(22)20-11-10-14-4-2-1-3-5-14/h4,6-9H,1-3,5,10-13H2,(H,20,22)(H,21,23). The monoisotopic (exact) mass is 350 g/mol. The van der Waals surface area contributed by atoms with Gasteiger partial charge in [-0.3, -0.25) is 9.59 Å². The van der Waals surface area contributed by atoms with Crippen LogP contribution in [0, 0.1) is 5.82 Å². The van der Waals surface area contributed by atoms with Gasteiger partial charge in [-0.2, -0.15) is 0 Å². The molecule has 1 aliphatic carbocycles. The van der Waals surface area contributed by atoms with Gasteiger partial charge in [0.2, 0.25) is 11.8 Å². The Morgan fingerprint density at radius 1 is 1.08 bits per heavy atom. The molecule has 4 nitrogen and oxygen atoms in total. The third kappa shape index (κ3) is 7.17. The van der Waals surface area contributed by atoms with E-state index >= 15 is 0 Å². The summed E-state index contributed by atoms with van der Waals surface area (Å²) < 4.78 is 12.8. The van der Waals surface area contributed by atoms with Gasteiger partial charge in [0.25, 0.3) is 0 Å². The summed E-state index contributed by atoms with van der Waals surface area (Å²) in [4.78, 5) is 23.5. The van der Waals surface area contributed by atoms with Crippen molar-refractivity contribution in [1.29, 1.82) is 0 Å². The highest BCUT2D eigenvalue weighted by Crippen LogP contribution is 2.19. The van der Waals surface area contributed by atoms with Crippen molar-refractivity contribution in [2.24, 2.45) is 0 Å². The SMILES string of the molecule is O=C(CSCC(=O)Nc1ccc(F)cc1)NCCC1=CCCCC1. The molecule has 1 aliphatic rings. The van der Waals surface area contributed by atoms with Crippen molar-refractivity contribution in [2.45, 2.75) is 32.1 Å². The number of carbonyl (C=O) groups excluding carboxylic acids is 2. The minimum atomic E-state index is -0.344. The number of rotatable bonds is 8. The first-order valence-corrected chi connectivity index (χ1v) is 9.37. The van der Waals surface area contributed by atoms with E-state index in [-0.39, 0.29) is 29.1 Å². The molecule has 1 aromatic rings. The number of anilines is 1. The van der Waals surface area contributed by atoms with Crippen LogP contribution in [-0.2, 0) is 9.59 Å². The molecule has 0 heterocycles. The van der Waals surface area contributed by atoms with Gasteiger partial charge >= 0.3 is 0 Å². The third-order valence-electron chi connectivity index (χ3n) is 3.75. The predicted molar refractivity (Wildman–Crippen MR) is 96.5 cm³/mol. The Hall–Kier alpha value is -1.82. The van der Waals surface area contributed by atoms with Crippen molar-refractivity contribution in [3.63, 3.8) is 0 Å². The average Bonchev–Trinajstić information content (AvgIpc) is 2.58. The maximum atomic E-state index is 12.8. The van der Waals surface area contributed by atoms with Crippen molar-refractivity contribution < 1.29 is 14.0 Å². The molecular formula is C18H23FN2O2S. The van der Waals surface area contributed by atoms with Crippen molar-refractivity contribution in [1.82, 2.24) is 5.32 Å². The lowest BCUT2D eigenvalue weighted by molar-refractivity contribution is -0.118. The number of nitrogens with one attached hydrogen (secondary N) is 2. The summed E-state index contributed by atoms with van der Waals surface area (Å²) in [5.74, 6) is -0.146. The van der Waals surface area contributed by atoms with Gasteiger partial charge < -0.3 is 10.6 Å². The number of hydrogen-bond donors (Lipinski definition) is 2. The molecule has 0 saturated carbocycles. The Morgan fingerprint density at radius 3 is 2.54 bits per heavy atom. The van der Waals surface area contributed by atoms with E-state index < -0.39 is 0 Å². The summed E-state index contributed by atoms with van der Waals surface area (Å²) >= 11 is 1.27. The summed E-state index contributed by atoms with van der Waals surface area (Å²) in [6.45, 7) is 0.660. The second-order valence-electron chi connectivity index (χ2n) is 5.76. The average molecular weight is 350 g/mol. The first-order valence-electron chi connectivity index (χ1n) is 8.21. The van der Waals surface area contributed by atoms with Gasteiger partial charge in [-0.25, -0.2) is 4.39 Å². The molecular weight excluding hydrogens is 327 g/mol. The van der Waals surface area contributed by atoms with Crippen LogP contribution in [0.4, 0.5) is 10.1 Å². The smallest absolute Gasteiger partial charge is 0.234 e. The molecule has 1 aromatic carbocycles. The molecule has 0 saturated heterocycles. The Morgan fingerprint density at radius 2 is 1.83 bits per heavy atom. The van der Waals surface area contributed by atoms with Crippen LogP contribution < -0.4 is 10.6 Å². The first kappa shape index (κ1) is 18.5. The topological polar surface area (TPSA) is 58.2 Å². The largest absolute Gasteiger partial charge is 0.355 e. The van der Waals surface area contributed by atoms with E-state index in [1.807, 2.05) is 0 Å². The molecule has 0 unspecified atom stereocenters. The van der Waals surface area contributed by atoms with Crippen LogP contribution in [0.3, 0.4) is 0 Å². The van der Waals surface area contributed by atoms with Crippen LogP contribution >= 0.6 is 11.8 Å². The molecule has 0 aromatic heterocycles. The lowest BCUT2D eigenvalue weighted by atomic mass is 9.97. The molecule has 24 heavy (non-hydrogen) atoms. The van der Waals surface area contributed by atoms with Crippen molar-refractivity contribution in [2.75, 3.05) is 23.4 Å². The van der Waals surface area contributed by atoms with E-state index in [2.05, 4.69) is 16.7 Å². The fraction of sp³-hybridized carbons (Fsp3) is 0.444. The van der Waals surface area contributed by atoms with Crippen molar-refractivity contribution in [3.8, 4) is 0 Å². The van der Waals surface area contributed by atoms with E-state index in [0.717, 1.165) is 19.3 Å². The molecule has 6 heteroatoms. The zero-order valence-electron chi connectivity index (χ0n) is 13.6. The first-order chi connectivity index (χ1) is 11.6. The number of hydrogen-bond acceptors (Lipinski definition) is 3. The Balaban J connectivity index is 1.55. The fourth-order valence-corrected chi connectivity index (χ4v) is 3.16. The van der Waals surface area contributed by atoms with E-state index in [9.17, 15) is 14.0 Å². The minimum absolute atomic E-state index is 0.0500. The highest BCUT2D eigenvalue weighted by molar-refractivity contribution is 8.00. The maximum absolute atomic E-state index is 12.8. The highest BCUT2D eigenvalue weighted by atomic mass is 32.2. The summed E-state index contributed by atoms with van der Waals surface area (Å²) in [6, 6.07) is 5.59. The third-order valence-corrected chi connectivity index (χ3v) is 4.68. The van der Waals surface area contributed by atoms with Crippen LogP contribution in [0.15, 0.2) is 35.9 Å². The molecule has 0 atom stereocenters. The van der Waals surface area contributed by atoms with Crippen LogP contribution in [-0.4, -0.2) is 29.9 Å². The number of allylic oxidation sites excluding steroid dienone is 1. The van der Waals surface area contributed by atoms with Crippen LogP contribution in [0.2, 0.25) is 0 Å². The number of thioether (sulfide) groups is 1. The molecule has 0 spiro atoms. The van der Waals surface area contributed by atoms with Crippen molar-refractivity contribution >= 4 is 29.3 Å². The molecule has 0 aliphatic heterocycles. The summed E-state index contributed by atoms with van der Waals surface area (Å²) in [6.07, 6.45) is 8.02. The molecule has 0 fully saturated rings. The quantitative estimate of drug-likeness (QED) is 0.706. The van der Waals surface area contributed by atoms with Crippen LogP contribution in [0.5, 0.6) is 0 Å². The number of benzene rings is 1. The van der Waals surface area contributed by atoms with E-state index in [1.165, 1.54) is 54.4 Å². The number of halogens is 1. The van der Waals surface area contributed by atoms with Crippen molar-refractivity contribution in [3.05, 3.63) is 41.7 Å². The Labute approximate surface area is 146 Å². The van der Waals surface area contributed by atoms with Gasteiger partial charge in [-0.15, -0.1) is 11.8 Å². The van der Waals surface area contributed by atoms with E-state index in [4.69, 9.17) is 0 Å². The number of carbonyl (C=O) groups is 2. The second-order valence-corrected chi connectivity index (χ2v) is 6.74. The van der Waals surface area contributed by atoms with Gasteiger partial charge in [-0.05, 0) is 56.4 Å². The zero-order chi connectivity index (χ0) is 17.2. The number of amides is 2. The molecule has 0 bridgehead atoms. The highest BCUT2D eigenvalue weighted by Gasteiger charge is 2.07. The normalized spacial score (nSPS) is 14.0. The zero-order valence-corrected chi connectivity index (χ0v) is 14.5. The van der Waals surface area contributed by atoms with E-state index in [0.29, 0.717) is 12.2 Å². The Bertz CT molecular complexity index is 587. The lowest BCUT2D eigenvalue weighted by Gasteiger charge is -2.12. The second kappa shape index (κ2) is 10.1. The molecule has 2 rings (SSSR count). The minimum Gasteiger partial charge on any atom is -0.355 e. The fourth-order valence-electron chi connectivity index (χ4n) is 2.51. The summed E-state index contributed by atoms with van der Waals surface area (Å²) in [5, 5.41) is 5.55. The molecule has 0 radical (unpaired) electrons. The van der Waals surface area contributed by atoms with Gasteiger partial charge in [-0.1, -0.05) is 11.6 Å². The van der Waals surface area contributed by atoms with Gasteiger partial charge in [0.1, 0.15) is 5.82 Å². The summed E-state index contributed by atoms with van der Waals surface area (Å²) in [7, 11) is 0. The van der Waals surface area contributed by atoms with E-state index in [1.54, 1.807) is 0 Å². The molecule has 2 amide bonds. The van der Waals surface area contributed by atoms with Gasteiger partial charge in [0.05, 0.1) is 11.5 Å². The predicted octanol–water partition coefficient (Wildman–Crippen LogP) is 3.50. The lowest BCUT2D eigenvalue weighted by Crippen LogP contribution is -2.27. The molecule has 2 N–H and O–H groups in total. The maximum Gasteiger partial charge on any atom is 0.234 e. The van der Waals surface area contributed by atoms with Crippen LogP contribution in [0.25, 0.3) is 0 Å². The van der Waals surface area contributed by atoms with Gasteiger partial charge in [0, 0.05) is 12.2 Å². The summed E-state index contributed by atoms with van der Waals surface area (Å²) in [5.41, 5.74) is 1.99. The Kier molecular flexibility index (Phi) is 7.82. The molecule has 130 valence electrons. The van der Waals surface area contributed by atoms with Gasteiger partial charge in [0.15, 0.2) is 0 Å². The van der Waals surface area contributed by atoms with Crippen LogP contribution in [0.1, 0.15) is 32.1 Å².